The van der Waals surface area contributed by atoms with Gasteiger partial charge in [0.1, 0.15) is 5.69 Å². The maximum absolute atomic E-state index is 13.5. The Morgan fingerprint density at radius 2 is 1.71 bits per heavy atom. The van der Waals surface area contributed by atoms with Crippen molar-refractivity contribution in [3.05, 3.63) is 41.7 Å². The minimum Gasteiger partial charge on any atom is -0.375 e. The van der Waals surface area contributed by atoms with Crippen LogP contribution in [0, 0.1) is 5.41 Å². The number of amides is 1. The lowest BCUT2D eigenvalue weighted by Gasteiger charge is -2.34. The third kappa shape index (κ3) is 5.94. The number of nitrogens with zero attached hydrogens (tertiary/aromatic N) is 3. The van der Waals surface area contributed by atoms with Gasteiger partial charge in [0.25, 0.3) is 5.91 Å². The maximum atomic E-state index is 13.5. The number of alkyl halides is 3. The number of anilines is 2. The molecule has 0 radical (unpaired) electrons. The van der Waals surface area contributed by atoms with E-state index in [0.29, 0.717) is 20.0 Å². The third-order valence-corrected chi connectivity index (χ3v) is 8.72. The number of piperidine rings is 1. The number of carbonyl (C=O) groups excluding carboxylic acids is 1. The molecule has 1 aromatic carbocycles. The van der Waals surface area contributed by atoms with Crippen molar-refractivity contribution in [2.24, 2.45) is 5.41 Å². The molecule has 13 heteroatoms. The number of halogens is 3. The van der Waals surface area contributed by atoms with Crippen LogP contribution in [0.15, 0.2) is 35.4 Å². The highest BCUT2D eigenvalue weighted by molar-refractivity contribution is 7.89. The van der Waals surface area contributed by atoms with Gasteiger partial charge in [0.05, 0.1) is 11.1 Å². The molecule has 38 heavy (non-hydrogen) atoms. The zero-order valence-electron chi connectivity index (χ0n) is 21.7. The zero-order valence-corrected chi connectivity index (χ0v) is 22.5. The third-order valence-electron chi connectivity index (χ3n) is 6.96. The van der Waals surface area contributed by atoms with Gasteiger partial charge in [-0.1, -0.05) is 6.07 Å². The molecule has 1 aliphatic heterocycles. The standard InChI is InChI=1S/C25H32F3N5O4S/c1-22(2,3)32-38(36,37)17-7-5-6-16(14-17)21(34)31-19-20(33-12-10-24(8-9-24)11-13-33)30-18(15-29-19)23(4,35)25(26,27)28/h5-7,14-15,32,35H,8-13H2,1-4H3,(H,29,31,34). The molecule has 1 saturated carbocycles. The van der Waals surface area contributed by atoms with E-state index in [-0.39, 0.29) is 27.5 Å². The van der Waals surface area contributed by atoms with Gasteiger partial charge in [-0.3, -0.25) is 4.79 Å². The molecule has 1 spiro atoms. The zero-order chi connectivity index (χ0) is 28.1. The quantitative estimate of drug-likeness (QED) is 0.493. The number of hydrogen-bond acceptors (Lipinski definition) is 7. The van der Waals surface area contributed by atoms with Crippen LogP contribution in [0.25, 0.3) is 0 Å². The molecule has 1 atom stereocenters. The van der Waals surface area contributed by atoms with Gasteiger partial charge < -0.3 is 15.3 Å². The lowest BCUT2D eigenvalue weighted by Crippen LogP contribution is -2.41. The van der Waals surface area contributed by atoms with Crippen LogP contribution in [0.3, 0.4) is 0 Å². The fourth-order valence-corrected chi connectivity index (χ4v) is 5.85. The van der Waals surface area contributed by atoms with Crippen molar-refractivity contribution < 1.29 is 31.5 Å². The minimum atomic E-state index is -4.99. The van der Waals surface area contributed by atoms with Crippen molar-refractivity contribution in [3.8, 4) is 0 Å². The van der Waals surface area contributed by atoms with Crippen LogP contribution in [0.2, 0.25) is 0 Å². The van der Waals surface area contributed by atoms with Crippen LogP contribution in [0.1, 0.15) is 69.4 Å². The number of hydrogen-bond donors (Lipinski definition) is 3. The van der Waals surface area contributed by atoms with Crippen molar-refractivity contribution in [2.45, 2.75) is 75.6 Å². The summed E-state index contributed by atoms with van der Waals surface area (Å²) in [7, 11) is -3.91. The fraction of sp³-hybridized carbons (Fsp3) is 0.560. The number of carbonyl (C=O) groups is 1. The molecule has 3 N–H and O–H groups in total. The highest BCUT2D eigenvalue weighted by Crippen LogP contribution is 2.54. The summed E-state index contributed by atoms with van der Waals surface area (Å²) in [5, 5.41) is 12.8. The smallest absolute Gasteiger partial charge is 0.375 e. The van der Waals surface area contributed by atoms with Crippen LogP contribution in [-0.2, 0) is 15.6 Å². The van der Waals surface area contributed by atoms with Gasteiger partial charge in [-0.2, -0.15) is 13.2 Å². The van der Waals surface area contributed by atoms with Gasteiger partial charge in [0.15, 0.2) is 11.6 Å². The molecule has 2 heterocycles. The van der Waals surface area contributed by atoms with Crippen molar-refractivity contribution in [1.82, 2.24) is 14.7 Å². The Bertz CT molecular complexity index is 1330. The van der Waals surface area contributed by atoms with E-state index in [9.17, 15) is 31.5 Å². The normalized spacial score (nSPS) is 19.2. The van der Waals surface area contributed by atoms with E-state index in [4.69, 9.17) is 0 Å². The first-order chi connectivity index (χ1) is 17.4. The summed E-state index contributed by atoms with van der Waals surface area (Å²) in [6, 6.07) is 5.39. The molecule has 208 valence electrons. The molecule has 1 aliphatic carbocycles. The first-order valence-electron chi connectivity index (χ1n) is 12.3. The van der Waals surface area contributed by atoms with Gasteiger partial charge in [-0.05, 0) is 77.0 Å². The number of benzene rings is 1. The molecule has 1 saturated heterocycles. The van der Waals surface area contributed by atoms with E-state index in [1.165, 1.54) is 24.3 Å². The Morgan fingerprint density at radius 3 is 2.26 bits per heavy atom. The van der Waals surface area contributed by atoms with Gasteiger partial charge in [-0.25, -0.2) is 23.1 Å². The second kappa shape index (κ2) is 9.45. The van der Waals surface area contributed by atoms with E-state index in [2.05, 4.69) is 20.0 Å². The highest BCUT2D eigenvalue weighted by Gasteiger charge is 2.53. The highest BCUT2D eigenvalue weighted by atomic mass is 32.2. The first-order valence-corrected chi connectivity index (χ1v) is 13.8. The lowest BCUT2D eigenvalue weighted by atomic mass is 9.94. The Kier molecular flexibility index (Phi) is 7.03. The topological polar surface area (TPSA) is 125 Å². The summed E-state index contributed by atoms with van der Waals surface area (Å²) >= 11 is 0. The number of aliphatic hydroxyl groups is 1. The lowest BCUT2D eigenvalue weighted by molar-refractivity contribution is -0.260. The van der Waals surface area contributed by atoms with Gasteiger partial charge >= 0.3 is 6.18 Å². The van der Waals surface area contributed by atoms with Gasteiger partial charge in [0, 0.05) is 24.2 Å². The van der Waals surface area contributed by atoms with Gasteiger partial charge in [-0.15, -0.1) is 0 Å². The molecule has 2 aliphatic rings. The van der Waals surface area contributed by atoms with Crippen LogP contribution >= 0.6 is 0 Å². The van der Waals surface area contributed by atoms with E-state index < -0.39 is 38.9 Å². The summed E-state index contributed by atoms with van der Waals surface area (Å²) < 4.78 is 68.5. The molecule has 4 rings (SSSR count). The van der Waals surface area contributed by atoms with Crippen LogP contribution in [0.4, 0.5) is 24.8 Å². The second-order valence-electron chi connectivity index (χ2n) is 11.3. The predicted octanol–water partition coefficient (Wildman–Crippen LogP) is 3.96. The molecule has 0 bridgehead atoms. The number of aromatic nitrogens is 2. The Balaban J connectivity index is 1.65. The average Bonchev–Trinajstić information content (AvgIpc) is 3.56. The van der Waals surface area contributed by atoms with Crippen LogP contribution in [0.5, 0.6) is 0 Å². The largest absolute Gasteiger partial charge is 0.422 e. The first kappa shape index (κ1) is 28.2. The van der Waals surface area contributed by atoms with Crippen molar-refractivity contribution in [3.63, 3.8) is 0 Å². The van der Waals surface area contributed by atoms with E-state index in [0.717, 1.165) is 31.9 Å². The number of rotatable bonds is 6. The molecule has 1 aromatic heterocycles. The van der Waals surface area contributed by atoms with Crippen LogP contribution < -0.4 is 14.9 Å². The Morgan fingerprint density at radius 1 is 1.08 bits per heavy atom. The summed E-state index contributed by atoms with van der Waals surface area (Å²) in [5.74, 6) is -0.766. The molecule has 1 unspecified atom stereocenters. The predicted molar refractivity (Wildman–Crippen MR) is 135 cm³/mol. The summed E-state index contributed by atoms with van der Waals surface area (Å²) in [6.45, 7) is 6.70. The van der Waals surface area contributed by atoms with Crippen molar-refractivity contribution in [1.29, 1.82) is 0 Å². The van der Waals surface area contributed by atoms with E-state index in [1.807, 2.05) is 0 Å². The number of nitrogens with one attached hydrogen (secondary N) is 2. The van der Waals surface area contributed by atoms with Crippen LogP contribution in [-0.4, -0.2) is 54.2 Å². The molecular weight excluding hydrogens is 523 g/mol. The van der Waals surface area contributed by atoms with E-state index in [1.54, 1.807) is 25.7 Å². The molecular formula is C25H32F3N5O4S. The molecule has 2 aromatic rings. The van der Waals surface area contributed by atoms with Crippen molar-refractivity contribution >= 4 is 27.6 Å². The number of sulfonamides is 1. The minimum absolute atomic E-state index is 0.0106. The maximum Gasteiger partial charge on any atom is 0.422 e. The Hall–Kier alpha value is -2.77. The average molecular weight is 556 g/mol. The molecule has 2 fully saturated rings. The summed E-state index contributed by atoms with van der Waals surface area (Å²) in [6.07, 6.45) is -0.306. The molecule has 1 amide bonds. The summed E-state index contributed by atoms with van der Waals surface area (Å²) in [4.78, 5) is 22.9. The van der Waals surface area contributed by atoms with Gasteiger partial charge in [0.2, 0.25) is 15.6 Å². The second-order valence-corrected chi connectivity index (χ2v) is 13.0. The van der Waals surface area contributed by atoms with Crippen molar-refractivity contribution in [2.75, 3.05) is 23.3 Å². The Labute approximate surface area is 219 Å². The fourth-order valence-electron chi connectivity index (χ4n) is 4.38. The molecule has 9 nitrogen and oxygen atoms in total. The monoisotopic (exact) mass is 555 g/mol. The van der Waals surface area contributed by atoms with E-state index >= 15 is 0 Å². The SMILES string of the molecule is CC(C)(C)NS(=O)(=O)c1cccc(C(=O)Nc2ncc(C(C)(O)C(F)(F)F)nc2N2CCC3(CC2)CC3)c1. The summed E-state index contributed by atoms with van der Waals surface area (Å²) in [5.41, 5.74) is -4.39.